The Morgan fingerprint density at radius 3 is 2.70 bits per heavy atom. The summed E-state index contributed by atoms with van der Waals surface area (Å²) in [6, 6.07) is 13.1. The second-order valence-corrected chi connectivity index (χ2v) is 7.13. The number of hydrogen-bond acceptors (Lipinski definition) is 7. The standard InChI is InChI=1S/C20H18N4O5S/c1-2-18-21-20(23-22-18)30-17(19(25)26)11-14-4-3-5-16(10-14)29-12-13-6-8-15(9-7-13)24(27)28/h3-11H,2,12H2,1H3,(H,25,26)(H,21,22,23)/b17-11-. The monoisotopic (exact) mass is 426 g/mol. The zero-order valence-electron chi connectivity index (χ0n) is 15.9. The molecule has 0 spiro atoms. The number of carboxylic acids is 1. The van der Waals surface area contributed by atoms with E-state index in [1.807, 2.05) is 6.92 Å². The molecular weight excluding hydrogens is 408 g/mol. The van der Waals surface area contributed by atoms with Gasteiger partial charge in [0.2, 0.25) is 5.16 Å². The number of H-pyrrole nitrogens is 1. The number of aryl methyl sites for hydroxylation is 1. The number of ether oxygens (including phenoxy) is 1. The van der Waals surface area contributed by atoms with Crippen molar-refractivity contribution in [2.24, 2.45) is 0 Å². The van der Waals surface area contributed by atoms with Crippen LogP contribution < -0.4 is 4.74 Å². The molecular formula is C20H18N4O5S. The van der Waals surface area contributed by atoms with Crippen LogP contribution >= 0.6 is 11.8 Å². The molecule has 1 aromatic heterocycles. The molecule has 1 heterocycles. The highest BCUT2D eigenvalue weighted by molar-refractivity contribution is 8.04. The maximum Gasteiger partial charge on any atom is 0.342 e. The van der Waals surface area contributed by atoms with E-state index in [1.54, 1.807) is 36.4 Å². The number of non-ortho nitro benzene ring substituents is 1. The lowest BCUT2D eigenvalue weighted by Gasteiger charge is -2.07. The molecule has 3 aromatic rings. The van der Waals surface area contributed by atoms with E-state index >= 15 is 0 Å². The quantitative estimate of drug-likeness (QED) is 0.226. The summed E-state index contributed by atoms with van der Waals surface area (Å²) >= 11 is 0.960. The SMILES string of the molecule is CCc1nc(S/C(=C\c2cccc(OCc3ccc([N+](=O)[O-])cc3)c2)C(=O)O)n[nH]1. The van der Waals surface area contributed by atoms with Crippen LogP contribution in [0.1, 0.15) is 23.9 Å². The van der Waals surface area contributed by atoms with Gasteiger partial charge >= 0.3 is 5.97 Å². The first-order valence-corrected chi connectivity index (χ1v) is 9.76. The molecule has 0 unspecified atom stereocenters. The van der Waals surface area contributed by atoms with Crippen molar-refractivity contribution in [3.63, 3.8) is 0 Å². The fraction of sp³-hybridized carbons (Fsp3) is 0.150. The minimum absolute atomic E-state index is 0.0158. The molecule has 0 atom stereocenters. The zero-order valence-corrected chi connectivity index (χ0v) is 16.8. The molecule has 0 saturated carbocycles. The summed E-state index contributed by atoms with van der Waals surface area (Å²) in [7, 11) is 0. The van der Waals surface area contributed by atoms with Crippen molar-refractivity contribution in [1.82, 2.24) is 15.2 Å². The minimum Gasteiger partial charge on any atom is -0.489 e. The van der Waals surface area contributed by atoms with Gasteiger partial charge in [-0.2, -0.15) is 0 Å². The number of hydrogen-bond donors (Lipinski definition) is 2. The Bertz CT molecular complexity index is 1080. The van der Waals surface area contributed by atoms with Gasteiger partial charge in [0, 0.05) is 18.6 Å². The predicted molar refractivity (Wildman–Crippen MR) is 111 cm³/mol. The van der Waals surface area contributed by atoms with Crippen LogP contribution in [-0.4, -0.2) is 31.2 Å². The van der Waals surface area contributed by atoms with Crippen LogP contribution in [0.25, 0.3) is 6.08 Å². The topological polar surface area (TPSA) is 131 Å². The summed E-state index contributed by atoms with van der Waals surface area (Å²) in [6.45, 7) is 2.15. The Morgan fingerprint density at radius 1 is 1.30 bits per heavy atom. The van der Waals surface area contributed by atoms with Crippen LogP contribution in [0.5, 0.6) is 5.75 Å². The highest BCUT2D eigenvalue weighted by Crippen LogP contribution is 2.27. The Labute approximate surface area is 176 Å². The van der Waals surface area contributed by atoms with Crippen molar-refractivity contribution < 1.29 is 19.6 Å². The normalized spacial score (nSPS) is 11.3. The van der Waals surface area contributed by atoms with E-state index in [0.717, 1.165) is 17.3 Å². The van der Waals surface area contributed by atoms with Crippen molar-refractivity contribution >= 4 is 29.5 Å². The number of carbonyl (C=O) groups is 1. The number of rotatable bonds is 9. The summed E-state index contributed by atoms with van der Waals surface area (Å²) in [6.07, 6.45) is 2.20. The Morgan fingerprint density at radius 2 is 2.07 bits per heavy atom. The number of nitrogens with zero attached hydrogens (tertiary/aromatic N) is 3. The Hall–Kier alpha value is -3.66. The second kappa shape index (κ2) is 9.70. The molecule has 2 N–H and O–H groups in total. The molecule has 9 nitrogen and oxygen atoms in total. The van der Waals surface area contributed by atoms with E-state index in [0.29, 0.717) is 28.7 Å². The van der Waals surface area contributed by atoms with Crippen molar-refractivity contribution in [2.75, 3.05) is 0 Å². The highest BCUT2D eigenvalue weighted by atomic mass is 32.2. The molecule has 0 amide bonds. The Kier molecular flexibility index (Phi) is 6.81. The lowest BCUT2D eigenvalue weighted by Crippen LogP contribution is -1.98. The maximum atomic E-state index is 11.6. The van der Waals surface area contributed by atoms with Gasteiger partial charge in [-0.1, -0.05) is 19.1 Å². The van der Waals surface area contributed by atoms with Crippen molar-refractivity contribution in [2.45, 2.75) is 25.1 Å². The van der Waals surface area contributed by atoms with Gasteiger partial charge < -0.3 is 9.84 Å². The minimum atomic E-state index is -1.08. The molecule has 10 heteroatoms. The van der Waals surface area contributed by atoms with E-state index in [2.05, 4.69) is 15.2 Å². The first-order chi connectivity index (χ1) is 14.4. The third kappa shape index (κ3) is 5.67. The molecule has 0 aliphatic carbocycles. The highest BCUT2D eigenvalue weighted by Gasteiger charge is 2.13. The number of thioether (sulfide) groups is 1. The van der Waals surface area contributed by atoms with E-state index in [1.165, 1.54) is 18.2 Å². The van der Waals surface area contributed by atoms with Gasteiger partial charge in [-0.25, -0.2) is 9.78 Å². The molecule has 0 aliphatic rings. The molecule has 2 aromatic carbocycles. The smallest absolute Gasteiger partial charge is 0.342 e. The molecule has 0 saturated heterocycles. The van der Waals surface area contributed by atoms with E-state index in [4.69, 9.17) is 4.74 Å². The molecule has 30 heavy (non-hydrogen) atoms. The number of aromatic amines is 1. The van der Waals surface area contributed by atoms with Crippen LogP contribution in [0.3, 0.4) is 0 Å². The number of nitro benzene ring substituents is 1. The second-order valence-electron chi connectivity index (χ2n) is 6.12. The molecule has 154 valence electrons. The summed E-state index contributed by atoms with van der Waals surface area (Å²) in [5.41, 5.74) is 1.44. The van der Waals surface area contributed by atoms with E-state index in [-0.39, 0.29) is 17.2 Å². The van der Waals surface area contributed by atoms with Gasteiger partial charge in [0.1, 0.15) is 23.1 Å². The number of nitro groups is 1. The van der Waals surface area contributed by atoms with Gasteiger partial charge in [0.15, 0.2) is 0 Å². The number of aliphatic carboxylic acids is 1. The number of carboxylic acid groups (broad SMARTS) is 1. The Balaban J connectivity index is 1.70. The van der Waals surface area contributed by atoms with Crippen LogP contribution in [-0.2, 0) is 17.8 Å². The lowest BCUT2D eigenvalue weighted by atomic mass is 10.2. The van der Waals surface area contributed by atoms with E-state index < -0.39 is 10.9 Å². The fourth-order valence-electron chi connectivity index (χ4n) is 2.44. The molecule has 0 fully saturated rings. The molecule has 0 bridgehead atoms. The predicted octanol–water partition coefficient (Wildman–Crippen LogP) is 4.07. The summed E-state index contributed by atoms with van der Waals surface area (Å²) in [5, 5.41) is 27.3. The summed E-state index contributed by atoms with van der Waals surface area (Å²) in [5.74, 6) is 0.145. The number of aromatic nitrogens is 3. The number of nitrogens with one attached hydrogen (secondary N) is 1. The first kappa shape index (κ1) is 21.1. The zero-order chi connectivity index (χ0) is 21.5. The van der Waals surface area contributed by atoms with Crippen molar-refractivity contribution in [1.29, 1.82) is 0 Å². The summed E-state index contributed by atoms with van der Waals surface area (Å²) in [4.78, 5) is 26.2. The molecule has 3 rings (SSSR count). The molecule has 0 aliphatic heterocycles. The molecule has 0 radical (unpaired) electrons. The number of benzene rings is 2. The van der Waals surface area contributed by atoms with Gasteiger partial charge in [-0.15, -0.1) is 5.10 Å². The third-order valence-corrected chi connectivity index (χ3v) is 4.84. The lowest BCUT2D eigenvalue weighted by molar-refractivity contribution is -0.384. The third-order valence-electron chi connectivity index (χ3n) is 3.97. The summed E-state index contributed by atoms with van der Waals surface area (Å²) < 4.78 is 5.73. The van der Waals surface area contributed by atoms with Crippen LogP contribution in [0.2, 0.25) is 0 Å². The van der Waals surface area contributed by atoms with Crippen molar-refractivity contribution in [3.8, 4) is 5.75 Å². The largest absolute Gasteiger partial charge is 0.489 e. The average molecular weight is 426 g/mol. The van der Waals surface area contributed by atoms with Crippen molar-refractivity contribution in [3.05, 3.63) is 80.5 Å². The van der Waals surface area contributed by atoms with Crippen LogP contribution in [0, 0.1) is 10.1 Å². The van der Waals surface area contributed by atoms with Gasteiger partial charge in [-0.05, 0) is 53.2 Å². The van der Waals surface area contributed by atoms with Gasteiger partial charge in [0.05, 0.1) is 4.92 Å². The van der Waals surface area contributed by atoms with Crippen LogP contribution in [0.15, 0.2) is 58.6 Å². The maximum absolute atomic E-state index is 11.6. The van der Waals surface area contributed by atoms with Gasteiger partial charge in [0.25, 0.3) is 5.69 Å². The van der Waals surface area contributed by atoms with E-state index in [9.17, 15) is 20.0 Å². The fourth-order valence-corrected chi connectivity index (χ4v) is 3.17. The van der Waals surface area contributed by atoms with Crippen LogP contribution in [0.4, 0.5) is 5.69 Å². The average Bonchev–Trinajstić information content (AvgIpc) is 3.20. The first-order valence-electron chi connectivity index (χ1n) is 8.95. The van der Waals surface area contributed by atoms with Gasteiger partial charge in [-0.3, -0.25) is 15.2 Å².